The number of rotatable bonds is 0. The summed E-state index contributed by atoms with van der Waals surface area (Å²) in [5.41, 5.74) is -0.401. The fourth-order valence-corrected chi connectivity index (χ4v) is 3.99. The molecule has 2 saturated carbocycles. The first-order valence-corrected chi connectivity index (χ1v) is 6.72. The Morgan fingerprint density at radius 1 is 1.29 bits per heavy atom. The molecule has 0 spiro atoms. The van der Waals surface area contributed by atoms with Crippen LogP contribution in [0.5, 0.6) is 0 Å². The number of esters is 1. The van der Waals surface area contributed by atoms with Gasteiger partial charge in [-0.05, 0) is 31.6 Å². The van der Waals surface area contributed by atoms with Crippen molar-refractivity contribution in [2.45, 2.75) is 58.8 Å². The standard InChI is InChI=1S/C14H22O3/c1-13(2,3)12-16-11(15)10-8-6-5-7-9(8)14(10,4)17-12/h8-10,12H,5-7H2,1-4H3/t8-,9+,10-,12-,14-/m0/s1. The molecule has 3 nitrogen and oxygen atoms in total. The first-order chi connectivity index (χ1) is 7.84. The van der Waals surface area contributed by atoms with E-state index in [0.29, 0.717) is 11.8 Å². The SMILES string of the molecule is CC(C)(C)[C@H]1OC(=O)[C@@H]2[C@H]3CCC[C@H]3[C@]2(C)O1. The largest absolute Gasteiger partial charge is 0.435 e. The Hall–Kier alpha value is -0.570. The molecule has 1 saturated heterocycles. The quantitative estimate of drug-likeness (QED) is 0.609. The molecule has 2 aliphatic carbocycles. The molecular weight excluding hydrogens is 216 g/mol. The zero-order valence-corrected chi connectivity index (χ0v) is 11.2. The van der Waals surface area contributed by atoms with Gasteiger partial charge in [0, 0.05) is 5.41 Å². The molecule has 0 aromatic heterocycles. The smallest absolute Gasteiger partial charge is 0.314 e. The minimum absolute atomic E-state index is 0.00593. The van der Waals surface area contributed by atoms with Crippen LogP contribution < -0.4 is 0 Å². The van der Waals surface area contributed by atoms with Gasteiger partial charge in [0.15, 0.2) is 0 Å². The normalized spacial score (nSPS) is 49.1. The van der Waals surface area contributed by atoms with Crippen molar-refractivity contribution in [2.24, 2.45) is 23.2 Å². The second kappa shape index (κ2) is 3.25. The molecule has 0 amide bonds. The molecule has 0 radical (unpaired) electrons. The molecule has 0 N–H and O–H groups in total. The first kappa shape index (κ1) is 11.5. The topological polar surface area (TPSA) is 35.5 Å². The number of hydrogen-bond acceptors (Lipinski definition) is 3. The van der Waals surface area contributed by atoms with E-state index < -0.39 is 6.29 Å². The van der Waals surface area contributed by atoms with Gasteiger partial charge >= 0.3 is 5.97 Å². The van der Waals surface area contributed by atoms with Crippen LogP contribution in [0, 0.1) is 23.2 Å². The number of fused-ring (bicyclic) bond motifs is 4. The number of ether oxygens (including phenoxy) is 2. The van der Waals surface area contributed by atoms with Gasteiger partial charge in [-0.15, -0.1) is 0 Å². The molecule has 1 heterocycles. The van der Waals surface area contributed by atoms with Gasteiger partial charge in [-0.2, -0.15) is 0 Å². The van der Waals surface area contributed by atoms with E-state index in [1.807, 2.05) is 0 Å². The van der Waals surface area contributed by atoms with Crippen LogP contribution in [-0.2, 0) is 14.3 Å². The Kier molecular flexibility index (Phi) is 2.20. The van der Waals surface area contributed by atoms with Gasteiger partial charge in [0.1, 0.15) is 0 Å². The van der Waals surface area contributed by atoms with Crippen molar-refractivity contribution in [3.63, 3.8) is 0 Å². The Labute approximate surface area is 103 Å². The second-order valence-corrected chi connectivity index (χ2v) is 7.12. The van der Waals surface area contributed by atoms with Gasteiger partial charge in [0.05, 0.1) is 11.5 Å². The van der Waals surface area contributed by atoms with Crippen LogP contribution in [0.1, 0.15) is 47.0 Å². The average Bonchev–Trinajstić information content (AvgIpc) is 2.59. The molecule has 17 heavy (non-hydrogen) atoms. The van der Waals surface area contributed by atoms with E-state index in [0.717, 1.165) is 0 Å². The minimum Gasteiger partial charge on any atom is -0.435 e. The fourth-order valence-electron chi connectivity index (χ4n) is 3.99. The van der Waals surface area contributed by atoms with Gasteiger partial charge in [-0.3, -0.25) is 4.79 Å². The summed E-state index contributed by atoms with van der Waals surface area (Å²) in [5, 5.41) is 0. The lowest BCUT2D eigenvalue weighted by Gasteiger charge is -2.60. The Morgan fingerprint density at radius 2 is 2.00 bits per heavy atom. The minimum atomic E-state index is -0.391. The summed E-state index contributed by atoms with van der Waals surface area (Å²) in [4.78, 5) is 12.2. The third kappa shape index (κ3) is 1.41. The van der Waals surface area contributed by atoms with Crippen molar-refractivity contribution in [1.82, 2.24) is 0 Å². The molecule has 0 aromatic rings. The van der Waals surface area contributed by atoms with Gasteiger partial charge in [-0.25, -0.2) is 0 Å². The van der Waals surface area contributed by atoms with Crippen LogP contribution >= 0.6 is 0 Å². The summed E-state index contributed by atoms with van der Waals surface area (Å²) in [5.74, 6) is 1.06. The van der Waals surface area contributed by atoms with Crippen molar-refractivity contribution < 1.29 is 14.3 Å². The third-order valence-corrected chi connectivity index (χ3v) is 4.90. The molecule has 3 fully saturated rings. The summed E-state index contributed by atoms with van der Waals surface area (Å²) >= 11 is 0. The first-order valence-electron chi connectivity index (χ1n) is 6.72. The van der Waals surface area contributed by atoms with E-state index in [9.17, 15) is 4.79 Å². The highest BCUT2D eigenvalue weighted by atomic mass is 16.7. The highest BCUT2D eigenvalue weighted by Gasteiger charge is 2.68. The fraction of sp³-hybridized carbons (Fsp3) is 0.929. The summed E-state index contributed by atoms with van der Waals surface area (Å²) in [6.07, 6.45) is 3.22. The van der Waals surface area contributed by atoms with Crippen LogP contribution in [0.3, 0.4) is 0 Å². The van der Waals surface area contributed by atoms with Gasteiger partial charge < -0.3 is 9.47 Å². The van der Waals surface area contributed by atoms with Crippen molar-refractivity contribution in [1.29, 1.82) is 0 Å². The summed E-state index contributed by atoms with van der Waals surface area (Å²) in [6, 6.07) is 0. The molecule has 0 bridgehead atoms. The maximum absolute atomic E-state index is 12.2. The molecular formula is C14H22O3. The summed E-state index contributed by atoms with van der Waals surface area (Å²) in [6.45, 7) is 8.28. The number of cyclic esters (lactones) is 1. The van der Waals surface area contributed by atoms with Gasteiger partial charge in [0.2, 0.25) is 6.29 Å². The van der Waals surface area contributed by atoms with E-state index in [4.69, 9.17) is 9.47 Å². The number of carbonyl (C=O) groups excluding carboxylic acids is 1. The lowest BCUT2D eigenvalue weighted by atomic mass is 9.55. The molecule has 0 unspecified atom stereocenters. The average molecular weight is 238 g/mol. The van der Waals surface area contributed by atoms with Gasteiger partial charge in [-0.1, -0.05) is 27.2 Å². The second-order valence-electron chi connectivity index (χ2n) is 7.12. The summed E-state index contributed by atoms with van der Waals surface area (Å²) in [7, 11) is 0. The van der Waals surface area contributed by atoms with Crippen LogP contribution in [0.2, 0.25) is 0 Å². The van der Waals surface area contributed by atoms with Crippen LogP contribution in [0.15, 0.2) is 0 Å². The lowest BCUT2D eigenvalue weighted by molar-refractivity contribution is -0.338. The summed E-state index contributed by atoms with van der Waals surface area (Å²) < 4.78 is 11.7. The molecule has 5 atom stereocenters. The predicted octanol–water partition coefficient (Wildman–Crippen LogP) is 2.74. The zero-order valence-electron chi connectivity index (χ0n) is 11.2. The maximum Gasteiger partial charge on any atom is 0.314 e. The van der Waals surface area contributed by atoms with Crippen molar-refractivity contribution in [3.8, 4) is 0 Å². The highest BCUT2D eigenvalue weighted by molar-refractivity contribution is 5.77. The van der Waals surface area contributed by atoms with Crippen LogP contribution in [0.4, 0.5) is 0 Å². The number of carbonyl (C=O) groups is 1. The van der Waals surface area contributed by atoms with E-state index in [1.165, 1.54) is 19.3 Å². The number of hydrogen-bond donors (Lipinski definition) is 0. The van der Waals surface area contributed by atoms with E-state index >= 15 is 0 Å². The lowest BCUT2D eigenvalue weighted by Crippen LogP contribution is -2.69. The van der Waals surface area contributed by atoms with Crippen LogP contribution in [0.25, 0.3) is 0 Å². The molecule has 0 aromatic carbocycles. The van der Waals surface area contributed by atoms with Crippen molar-refractivity contribution in [3.05, 3.63) is 0 Å². The maximum atomic E-state index is 12.2. The van der Waals surface area contributed by atoms with Gasteiger partial charge in [0.25, 0.3) is 0 Å². The van der Waals surface area contributed by atoms with E-state index in [-0.39, 0.29) is 22.9 Å². The highest BCUT2D eigenvalue weighted by Crippen LogP contribution is 2.62. The zero-order chi connectivity index (χ0) is 12.4. The van der Waals surface area contributed by atoms with Crippen LogP contribution in [-0.4, -0.2) is 17.9 Å². The molecule has 96 valence electrons. The predicted molar refractivity (Wildman–Crippen MR) is 63.1 cm³/mol. The van der Waals surface area contributed by atoms with Crippen molar-refractivity contribution >= 4 is 5.97 Å². The third-order valence-electron chi connectivity index (χ3n) is 4.90. The van der Waals surface area contributed by atoms with E-state index in [2.05, 4.69) is 27.7 Å². The monoisotopic (exact) mass is 238 g/mol. The van der Waals surface area contributed by atoms with Crippen molar-refractivity contribution in [2.75, 3.05) is 0 Å². The Balaban J connectivity index is 1.87. The Bertz CT molecular complexity index is 357. The Morgan fingerprint density at radius 3 is 2.65 bits per heavy atom. The molecule has 3 aliphatic rings. The molecule has 1 aliphatic heterocycles. The molecule has 3 rings (SSSR count). The van der Waals surface area contributed by atoms with E-state index in [1.54, 1.807) is 0 Å². The molecule has 3 heteroatoms.